The molecule has 0 amide bonds. The molecule has 17 heavy (non-hydrogen) atoms. The second-order valence-corrected chi connectivity index (χ2v) is 5.60. The summed E-state index contributed by atoms with van der Waals surface area (Å²) in [6, 6.07) is 2.06. The summed E-state index contributed by atoms with van der Waals surface area (Å²) in [7, 11) is 1.94. The average molecular weight is 239 g/mol. The van der Waals surface area contributed by atoms with Crippen LogP contribution in [0.1, 0.15) is 38.6 Å². The fourth-order valence-electron chi connectivity index (χ4n) is 2.24. The first kappa shape index (κ1) is 14.2. The summed E-state index contributed by atoms with van der Waals surface area (Å²) in [5, 5.41) is 17.7. The predicted molar refractivity (Wildman–Crippen MR) is 69.7 cm³/mol. The summed E-state index contributed by atoms with van der Waals surface area (Å²) in [5.74, 6) is 0.505. The fraction of sp³-hybridized carbons (Fsp3) is 0.769. The van der Waals surface area contributed by atoms with Crippen molar-refractivity contribution in [3.63, 3.8) is 0 Å². The van der Waals surface area contributed by atoms with Gasteiger partial charge < -0.3 is 10.4 Å². The van der Waals surface area contributed by atoms with Crippen molar-refractivity contribution in [3.8, 4) is 0 Å². The second-order valence-electron chi connectivity index (χ2n) is 5.60. The van der Waals surface area contributed by atoms with Crippen molar-refractivity contribution >= 4 is 0 Å². The first-order chi connectivity index (χ1) is 7.80. The molecule has 0 saturated carbocycles. The monoisotopic (exact) mass is 239 g/mol. The molecule has 0 aliphatic rings. The normalized spacial score (nSPS) is 15.2. The maximum Gasteiger partial charge on any atom is 0.0746 e. The highest BCUT2D eigenvalue weighted by Gasteiger charge is 2.21. The Labute approximate surface area is 104 Å². The van der Waals surface area contributed by atoms with Crippen LogP contribution in [0.5, 0.6) is 0 Å². The maximum absolute atomic E-state index is 10.2. The minimum Gasteiger partial charge on any atom is -0.389 e. The van der Waals surface area contributed by atoms with Crippen molar-refractivity contribution in [2.75, 3.05) is 6.54 Å². The lowest BCUT2D eigenvalue weighted by Gasteiger charge is -2.25. The lowest BCUT2D eigenvalue weighted by atomic mass is 9.94. The number of nitrogens with one attached hydrogen (secondary N) is 1. The molecule has 1 unspecified atom stereocenters. The Kier molecular flexibility index (Phi) is 4.71. The zero-order valence-electron chi connectivity index (χ0n) is 11.6. The molecule has 1 aromatic heterocycles. The van der Waals surface area contributed by atoms with E-state index in [2.05, 4.69) is 30.3 Å². The minimum absolute atomic E-state index is 0.505. The molecule has 0 aliphatic carbocycles. The molecular formula is C13H25N3O. The first-order valence-corrected chi connectivity index (χ1v) is 6.23. The predicted octanol–water partition coefficient (Wildman–Crippen LogP) is 1.62. The van der Waals surface area contributed by atoms with Gasteiger partial charge in [-0.05, 0) is 32.3 Å². The van der Waals surface area contributed by atoms with E-state index >= 15 is 0 Å². The van der Waals surface area contributed by atoms with Crippen molar-refractivity contribution in [1.82, 2.24) is 15.1 Å². The van der Waals surface area contributed by atoms with E-state index in [-0.39, 0.29) is 0 Å². The summed E-state index contributed by atoms with van der Waals surface area (Å²) in [4.78, 5) is 0. The molecule has 0 aliphatic heterocycles. The van der Waals surface area contributed by atoms with Gasteiger partial charge in [0.1, 0.15) is 0 Å². The Balaban J connectivity index is 2.39. The highest BCUT2D eigenvalue weighted by atomic mass is 16.3. The third-order valence-corrected chi connectivity index (χ3v) is 2.76. The van der Waals surface area contributed by atoms with Crippen LogP contribution in [0.3, 0.4) is 0 Å². The van der Waals surface area contributed by atoms with E-state index in [1.807, 2.05) is 25.6 Å². The van der Waals surface area contributed by atoms with Gasteiger partial charge in [-0.3, -0.25) is 4.68 Å². The average Bonchev–Trinajstić information content (AvgIpc) is 2.42. The molecular weight excluding hydrogens is 214 g/mol. The molecule has 4 nitrogen and oxygen atoms in total. The van der Waals surface area contributed by atoms with Gasteiger partial charge in [-0.1, -0.05) is 13.8 Å². The molecule has 0 fully saturated rings. The third kappa shape index (κ3) is 4.88. The van der Waals surface area contributed by atoms with Gasteiger partial charge in [-0.2, -0.15) is 5.10 Å². The van der Waals surface area contributed by atoms with Crippen LogP contribution in [0.4, 0.5) is 0 Å². The van der Waals surface area contributed by atoms with E-state index in [4.69, 9.17) is 0 Å². The summed E-state index contributed by atoms with van der Waals surface area (Å²) in [5.41, 5.74) is 1.53. The van der Waals surface area contributed by atoms with Crippen molar-refractivity contribution < 1.29 is 5.11 Å². The zero-order chi connectivity index (χ0) is 13.1. The highest BCUT2D eigenvalue weighted by Crippen LogP contribution is 2.15. The lowest BCUT2D eigenvalue weighted by Crippen LogP contribution is -2.38. The molecule has 1 rings (SSSR count). The van der Waals surface area contributed by atoms with Crippen LogP contribution < -0.4 is 5.32 Å². The van der Waals surface area contributed by atoms with Crippen LogP contribution >= 0.6 is 0 Å². The first-order valence-electron chi connectivity index (χ1n) is 6.23. The number of aliphatic hydroxyl groups is 1. The van der Waals surface area contributed by atoms with Crippen molar-refractivity contribution in [3.05, 3.63) is 17.5 Å². The van der Waals surface area contributed by atoms with Gasteiger partial charge in [0, 0.05) is 20.1 Å². The molecule has 0 spiro atoms. The Hall–Kier alpha value is -0.870. The number of aryl methyl sites for hydroxylation is 2. The zero-order valence-corrected chi connectivity index (χ0v) is 11.6. The molecule has 0 bridgehead atoms. The van der Waals surface area contributed by atoms with Crippen LogP contribution in [0.25, 0.3) is 0 Å². The van der Waals surface area contributed by atoms with Crippen LogP contribution in [0, 0.1) is 12.8 Å². The summed E-state index contributed by atoms with van der Waals surface area (Å²) in [6.07, 6.45) is 0.810. The quantitative estimate of drug-likeness (QED) is 0.793. The van der Waals surface area contributed by atoms with Gasteiger partial charge in [0.2, 0.25) is 0 Å². The van der Waals surface area contributed by atoms with Crippen molar-refractivity contribution in [2.24, 2.45) is 13.0 Å². The largest absolute Gasteiger partial charge is 0.389 e. The highest BCUT2D eigenvalue weighted by molar-refractivity contribution is 5.08. The van der Waals surface area contributed by atoms with E-state index in [9.17, 15) is 5.11 Å². The topological polar surface area (TPSA) is 50.1 Å². The van der Waals surface area contributed by atoms with Crippen LogP contribution in [-0.4, -0.2) is 27.0 Å². The Bertz CT molecular complexity index is 356. The lowest BCUT2D eigenvalue weighted by molar-refractivity contribution is 0.0382. The molecule has 4 heteroatoms. The van der Waals surface area contributed by atoms with Crippen molar-refractivity contribution in [1.29, 1.82) is 0 Å². The SMILES string of the molecule is Cc1cc(CNCC(C)(O)CC(C)C)n(C)n1. The van der Waals surface area contributed by atoms with E-state index in [0.717, 1.165) is 24.4 Å². The molecule has 98 valence electrons. The molecule has 1 atom stereocenters. The van der Waals surface area contributed by atoms with Crippen molar-refractivity contribution in [2.45, 2.75) is 46.3 Å². The smallest absolute Gasteiger partial charge is 0.0746 e. The van der Waals surface area contributed by atoms with Gasteiger partial charge in [0.15, 0.2) is 0 Å². The number of aromatic nitrogens is 2. The summed E-state index contributed by atoms with van der Waals surface area (Å²) < 4.78 is 1.87. The Morgan fingerprint density at radius 2 is 2.18 bits per heavy atom. The Morgan fingerprint density at radius 1 is 1.53 bits per heavy atom. The number of rotatable bonds is 6. The van der Waals surface area contributed by atoms with E-state index in [1.54, 1.807) is 0 Å². The molecule has 0 saturated heterocycles. The van der Waals surface area contributed by atoms with Gasteiger partial charge >= 0.3 is 0 Å². The van der Waals surface area contributed by atoms with E-state index < -0.39 is 5.60 Å². The van der Waals surface area contributed by atoms with Crippen LogP contribution in [0.2, 0.25) is 0 Å². The van der Waals surface area contributed by atoms with Gasteiger partial charge in [0.05, 0.1) is 17.0 Å². The Morgan fingerprint density at radius 3 is 2.65 bits per heavy atom. The fourth-order valence-corrected chi connectivity index (χ4v) is 2.24. The van der Waals surface area contributed by atoms with Gasteiger partial charge in [-0.15, -0.1) is 0 Å². The third-order valence-electron chi connectivity index (χ3n) is 2.76. The molecule has 1 heterocycles. The molecule has 1 aromatic rings. The second kappa shape index (κ2) is 5.65. The van der Waals surface area contributed by atoms with Crippen LogP contribution in [0.15, 0.2) is 6.07 Å². The number of hydrogen-bond donors (Lipinski definition) is 2. The number of hydrogen-bond acceptors (Lipinski definition) is 3. The van der Waals surface area contributed by atoms with Gasteiger partial charge in [0.25, 0.3) is 0 Å². The molecule has 0 aromatic carbocycles. The number of nitrogens with zero attached hydrogens (tertiary/aromatic N) is 2. The molecule has 2 N–H and O–H groups in total. The molecule has 0 radical (unpaired) electrons. The standard InChI is InChI=1S/C13H25N3O/c1-10(2)7-13(4,17)9-14-8-12-6-11(3)15-16(12)5/h6,10,14,17H,7-9H2,1-5H3. The van der Waals surface area contributed by atoms with Crippen LogP contribution in [-0.2, 0) is 13.6 Å². The summed E-state index contributed by atoms with van der Waals surface area (Å²) >= 11 is 0. The summed E-state index contributed by atoms with van der Waals surface area (Å²) in [6.45, 7) is 9.46. The van der Waals surface area contributed by atoms with E-state index in [1.165, 1.54) is 0 Å². The van der Waals surface area contributed by atoms with E-state index in [0.29, 0.717) is 12.5 Å². The minimum atomic E-state index is -0.637. The maximum atomic E-state index is 10.2. The van der Waals surface area contributed by atoms with Gasteiger partial charge in [-0.25, -0.2) is 0 Å².